The van der Waals surface area contributed by atoms with Crippen LogP contribution in [-0.4, -0.2) is 18.2 Å². The SMILES string of the molecule is COc1cccc(-c2cccc(/C(C)=C/C(=O)O)c2)c1. The summed E-state index contributed by atoms with van der Waals surface area (Å²) in [6, 6.07) is 15.6. The first-order valence-electron chi connectivity index (χ1n) is 6.26. The third-order valence-electron chi connectivity index (χ3n) is 3.06. The highest BCUT2D eigenvalue weighted by Crippen LogP contribution is 2.26. The van der Waals surface area contributed by atoms with Gasteiger partial charge in [0.05, 0.1) is 7.11 Å². The van der Waals surface area contributed by atoms with Crippen LogP contribution in [0.15, 0.2) is 54.6 Å². The lowest BCUT2D eigenvalue weighted by Gasteiger charge is -2.07. The van der Waals surface area contributed by atoms with Crippen molar-refractivity contribution in [1.29, 1.82) is 0 Å². The third-order valence-corrected chi connectivity index (χ3v) is 3.06. The highest BCUT2D eigenvalue weighted by molar-refractivity contribution is 5.90. The van der Waals surface area contributed by atoms with Gasteiger partial charge >= 0.3 is 5.97 Å². The molecule has 3 nitrogen and oxygen atoms in total. The highest BCUT2D eigenvalue weighted by atomic mass is 16.5. The van der Waals surface area contributed by atoms with Gasteiger partial charge in [-0.1, -0.05) is 30.3 Å². The molecule has 0 unspecified atom stereocenters. The van der Waals surface area contributed by atoms with Crippen LogP contribution in [0.4, 0.5) is 0 Å². The van der Waals surface area contributed by atoms with E-state index in [1.807, 2.05) is 48.5 Å². The minimum Gasteiger partial charge on any atom is -0.497 e. The van der Waals surface area contributed by atoms with E-state index < -0.39 is 5.97 Å². The largest absolute Gasteiger partial charge is 0.497 e. The van der Waals surface area contributed by atoms with Crippen molar-refractivity contribution in [3.05, 3.63) is 60.2 Å². The van der Waals surface area contributed by atoms with Gasteiger partial charge in [-0.25, -0.2) is 4.79 Å². The first-order valence-corrected chi connectivity index (χ1v) is 6.26. The standard InChI is InChI=1S/C17H16O3/c1-12(9-17(18)19)13-5-3-6-14(10-13)15-7-4-8-16(11-15)20-2/h3-11H,1-2H3,(H,18,19)/b12-9+. The maximum atomic E-state index is 10.7. The molecule has 0 heterocycles. The van der Waals surface area contributed by atoms with E-state index in [-0.39, 0.29) is 0 Å². The number of carboxylic acid groups (broad SMARTS) is 1. The molecule has 20 heavy (non-hydrogen) atoms. The van der Waals surface area contributed by atoms with Gasteiger partial charge in [-0.05, 0) is 47.4 Å². The zero-order valence-electron chi connectivity index (χ0n) is 11.5. The Bertz CT molecular complexity index is 657. The lowest BCUT2D eigenvalue weighted by atomic mass is 9.99. The molecule has 0 aliphatic carbocycles. The first-order chi connectivity index (χ1) is 9.60. The van der Waals surface area contributed by atoms with Crippen LogP contribution in [0.2, 0.25) is 0 Å². The van der Waals surface area contributed by atoms with Crippen LogP contribution in [0, 0.1) is 0 Å². The highest BCUT2D eigenvalue weighted by Gasteiger charge is 2.03. The quantitative estimate of drug-likeness (QED) is 0.857. The van der Waals surface area contributed by atoms with Gasteiger partial charge in [-0.3, -0.25) is 0 Å². The molecule has 0 radical (unpaired) electrons. The van der Waals surface area contributed by atoms with Crippen LogP contribution >= 0.6 is 0 Å². The fraction of sp³-hybridized carbons (Fsp3) is 0.118. The molecular formula is C17H16O3. The number of aliphatic carboxylic acids is 1. The second kappa shape index (κ2) is 6.06. The van der Waals surface area contributed by atoms with E-state index in [1.54, 1.807) is 14.0 Å². The molecule has 102 valence electrons. The Balaban J connectivity index is 2.41. The molecule has 0 bridgehead atoms. The maximum absolute atomic E-state index is 10.7. The van der Waals surface area contributed by atoms with E-state index in [0.29, 0.717) is 0 Å². The summed E-state index contributed by atoms with van der Waals surface area (Å²) in [5.74, 6) is -0.139. The average molecular weight is 268 g/mol. The van der Waals surface area contributed by atoms with Gasteiger partial charge in [0.15, 0.2) is 0 Å². The van der Waals surface area contributed by atoms with Crippen molar-refractivity contribution in [2.75, 3.05) is 7.11 Å². The Morgan fingerprint density at radius 2 is 1.75 bits per heavy atom. The van der Waals surface area contributed by atoms with Crippen LogP contribution < -0.4 is 4.74 Å². The second-order valence-corrected chi connectivity index (χ2v) is 4.48. The molecule has 0 atom stereocenters. The van der Waals surface area contributed by atoms with Gasteiger partial charge < -0.3 is 9.84 Å². The van der Waals surface area contributed by atoms with Gasteiger partial charge in [-0.2, -0.15) is 0 Å². The number of carboxylic acids is 1. The fourth-order valence-electron chi connectivity index (χ4n) is 2.02. The molecular weight excluding hydrogens is 252 g/mol. The van der Waals surface area contributed by atoms with E-state index in [2.05, 4.69) is 0 Å². The number of hydrogen-bond acceptors (Lipinski definition) is 2. The van der Waals surface area contributed by atoms with Crippen molar-refractivity contribution in [2.45, 2.75) is 6.92 Å². The van der Waals surface area contributed by atoms with Gasteiger partial charge in [0, 0.05) is 6.08 Å². The summed E-state index contributed by atoms with van der Waals surface area (Å²) in [7, 11) is 1.63. The summed E-state index contributed by atoms with van der Waals surface area (Å²) < 4.78 is 5.22. The van der Waals surface area contributed by atoms with E-state index >= 15 is 0 Å². The van der Waals surface area contributed by atoms with Gasteiger partial charge in [0.2, 0.25) is 0 Å². The summed E-state index contributed by atoms with van der Waals surface area (Å²) in [5, 5.41) is 8.81. The van der Waals surface area contributed by atoms with E-state index in [9.17, 15) is 4.79 Å². The monoisotopic (exact) mass is 268 g/mol. The molecule has 0 amide bonds. The van der Waals surface area contributed by atoms with Gasteiger partial charge in [0.1, 0.15) is 5.75 Å². The fourth-order valence-corrected chi connectivity index (χ4v) is 2.02. The van der Waals surface area contributed by atoms with Crippen molar-refractivity contribution < 1.29 is 14.6 Å². The summed E-state index contributed by atoms with van der Waals surface area (Å²) in [6.45, 7) is 1.79. The van der Waals surface area contributed by atoms with E-state index in [0.717, 1.165) is 28.0 Å². The van der Waals surface area contributed by atoms with Gasteiger partial charge in [-0.15, -0.1) is 0 Å². The number of carbonyl (C=O) groups is 1. The predicted molar refractivity (Wildman–Crippen MR) is 79.7 cm³/mol. The molecule has 0 saturated heterocycles. The maximum Gasteiger partial charge on any atom is 0.328 e. The molecule has 1 N–H and O–H groups in total. The number of methoxy groups -OCH3 is 1. The molecule has 2 aromatic carbocycles. The van der Waals surface area contributed by atoms with Crippen LogP contribution in [0.25, 0.3) is 16.7 Å². The van der Waals surface area contributed by atoms with Crippen molar-refractivity contribution in [2.24, 2.45) is 0 Å². The van der Waals surface area contributed by atoms with Crippen molar-refractivity contribution in [3.63, 3.8) is 0 Å². The van der Waals surface area contributed by atoms with Crippen LogP contribution in [0.3, 0.4) is 0 Å². The zero-order valence-corrected chi connectivity index (χ0v) is 11.5. The zero-order chi connectivity index (χ0) is 14.5. The molecule has 0 fully saturated rings. The Morgan fingerprint density at radius 3 is 2.40 bits per heavy atom. The van der Waals surface area contributed by atoms with E-state index in [1.165, 1.54) is 6.08 Å². The normalized spacial score (nSPS) is 11.2. The summed E-state index contributed by atoms with van der Waals surface area (Å²) in [5.41, 5.74) is 3.68. The molecule has 3 heteroatoms. The lowest BCUT2D eigenvalue weighted by Crippen LogP contribution is -1.90. The van der Waals surface area contributed by atoms with Crippen molar-refractivity contribution in [1.82, 2.24) is 0 Å². The Morgan fingerprint density at radius 1 is 1.10 bits per heavy atom. The van der Waals surface area contributed by atoms with Crippen LogP contribution in [-0.2, 0) is 4.79 Å². The Labute approximate surface area is 118 Å². The number of allylic oxidation sites excluding steroid dienone is 1. The second-order valence-electron chi connectivity index (χ2n) is 4.48. The first kappa shape index (κ1) is 13.9. The summed E-state index contributed by atoms with van der Waals surface area (Å²) in [6.07, 6.45) is 1.21. The minimum absolute atomic E-state index is 0.724. The molecule has 0 aliphatic rings. The van der Waals surface area contributed by atoms with Crippen LogP contribution in [0.1, 0.15) is 12.5 Å². The Hall–Kier alpha value is -2.55. The van der Waals surface area contributed by atoms with E-state index in [4.69, 9.17) is 9.84 Å². The number of ether oxygens (including phenoxy) is 1. The molecule has 0 aliphatic heterocycles. The summed E-state index contributed by atoms with van der Waals surface area (Å²) in [4.78, 5) is 10.7. The summed E-state index contributed by atoms with van der Waals surface area (Å²) >= 11 is 0. The Kier molecular flexibility index (Phi) is 4.20. The lowest BCUT2D eigenvalue weighted by molar-refractivity contribution is -0.131. The minimum atomic E-state index is -0.936. The average Bonchev–Trinajstić information content (AvgIpc) is 2.47. The topological polar surface area (TPSA) is 46.5 Å². The molecule has 2 rings (SSSR count). The van der Waals surface area contributed by atoms with Gasteiger partial charge in [0.25, 0.3) is 0 Å². The molecule has 0 spiro atoms. The molecule has 2 aromatic rings. The molecule has 0 aromatic heterocycles. The third kappa shape index (κ3) is 3.26. The number of rotatable bonds is 4. The van der Waals surface area contributed by atoms with Crippen LogP contribution in [0.5, 0.6) is 5.75 Å². The smallest absolute Gasteiger partial charge is 0.328 e. The van der Waals surface area contributed by atoms with Crippen molar-refractivity contribution in [3.8, 4) is 16.9 Å². The number of benzene rings is 2. The van der Waals surface area contributed by atoms with Crippen molar-refractivity contribution >= 4 is 11.5 Å². The number of hydrogen-bond donors (Lipinski definition) is 1. The molecule has 0 saturated carbocycles. The predicted octanol–water partition coefficient (Wildman–Crippen LogP) is 3.85.